The maximum absolute atomic E-state index is 11.9. The Morgan fingerprint density at radius 1 is 1.33 bits per heavy atom. The lowest BCUT2D eigenvalue weighted by atomic mass is 10.1. The highest BCUT2D eigenvalue weighted by molar-refractivity contribution is 5.97. The van der Waals surface area contributed by atoms with Crippen LogP contribution in [0, 0.1) is 0 Å². The van der Waals surface area contributed by atoms with Gasteiger partial charge >= 0.3 is 5.97 Å². The highest BCUT2D eigenvalue weighted by atomic mass is 16.5. The average molecular weight is 331 g/mol. The molecular weight excluding hydrogens is 314 g/mol. The number of nitrogens with zero attached hydrogens (tertiary/aromatic N) is 1. The lowest BCUT2D eigenvalue weighted by molar-refractivity contribution is -0.154. The second-order valence-corrected chi connectivity index (χ2v) is 5.50. The summed E-state index contributed by atoms with van der Waals surface area (Å²) in [6.45, 7) is -0.0302. The molecule has 1 aromatic carbocycles. The molecule has 7 heteroatoms. The van der Waals surface area contributed by atoms with Crippen molar-refractivity contribution in [2.75, 3.05) is 20.3 Å². The Bertz CT molecular complexity index is 793. The third kappa shape index (κ3) is 3.24. The zero-order valence-electron chi connectivity index (χ0n) is 13.2. The largest absolute Gasteiger partial charge is 0.497 e. The van der Waals surface area contributed by atoms with Crippen LogP contribution in [0.3, 0.4) is 0 Å². The van der Waals surface area contributed by atoms with Crippen molar-refractivity contribution < 1.29 is 28.3 Å². The van der Waals surface area contributed by atoms with Crippen molar-refractivity contribution in [3.8, 4) is 5.75 Å². The van der Waals surface area contributed by atoms with Crippen molar-refractivity contribution in [3.63, 3.8) is 0 Å². The van der Waals surface area contributed by atoms with E-state index in [-0.39, 0.29) is 12.3 Å². The van der Waals surface area contributed by atoms with Gasteiger partial charge in [0, 0.05) is 30.0 Å². The van der Waals surface area contributed by atoms with E-state index in [4.69, 9.17) is 13.9 Å². The molecule has 1 fully saturated rings. The molecule has 0 bridgehead atoms. The molecule has 1 saturated heterocycles. The summed E-state index contributed by atoms with van der Waals surface area (Å²) >= 11 is 0. The highest BCUT2D eigenvalue weighted by Gasteiger charge is 2.27. The molecule has 7 nitrogen and oxygen atoms in total. The van der Waals surface area contributed by atoms with Crippen molar-refractivity contribution >= 4 is 28.8 Å². The number of hydrogen-bond acceptors (Lipinski definition) is 6. The molecule has 0 spiro atoms. The summed E-state index contributed by atoms with van der Waals surface area (Å²) in [5.74, 6) is -0.584. The molecule has 0 N–H and O–H groups in total. The Balaban J connectivity index is 1.59. The normalized spacial score (nSPS) is 14.2. The number of fused-ring (bicyclic) bond motifs is 1. The molecule has 0 saturated carbocycles. The van der Waals surface area contributed by atoms with E-state index in [0.29, 0.717) is 36.3 Å². The zero-order valence-corrected chi connectivity index (χ0v) is 13.2. The van der Waals surface area contributed by atoms with E-state index in [0.717, 1.165) is 10.3 Å². The van der Waals surface area contributed by atoms with E-state index in [1.54, 1.807) is 25.3 Å². The van der Waals surface area contributed by atoms with Gasteiger partial charge < -0.3 is 13.9 Å². The number of amides is 2. The van der Waals surface area contributed by atoms with Crippen LogP contribution in [0.15, 0.2) is 28.9 Å². The fourth-order valence-corrected chi connectivity index (χ4v) is 2.67. The maximum Gasteiger partial charge on any atom is 0.310 e. The van der Waals surface area contributed by atoms with E-state index in [2.05, 4.69) is 0 Å². The predicted molar refractivity (Wildman–Crippen MR) is 83.4 cm³/mol. The summed E-state index contributed by atoms with van der Waals surface area (Å²) in [5, 5.41) is 0.786. The summed E-state index contributed by atoms with van der Waals surface area (Å²) in [5.41, 5.74) is 1.28. The third-order valence-electron chi connectivity index (χ3n) is 3.93. The molecule has 1 aliphatic heterocycles. The van der Waals surface area contributed by atoms with Crippen LogP contribution in [0.5, 0.6) is 5.75 Å². The molecule has 1 aliphatic rings. The van der Waals surface area contributed by atoms with Gasteiger partial charge in [0.1, 0.15) is 11.3 Å². The van der Waals surface area contributed by atoms with Crippen LogP contribution in [0.25, 0.3) is 11.0 Å². The molecule has 0 atom stereocenters. The number of methoxy groups -OCH3 is 1. The number of benzene rings is 1. The quantitative estimate of drug-likeness (QED) is 0.775. The van der Waals surface area contributed by atoms with Crippen LogP contribution in [0.1, 0.15) is 18.4 Å². The molecule has 0 radical (unpaired) electrons. The second-order valence-electron chi connectivity index (χ2n) is 5.50. The molecule has 1 aromatic heterocycles. The van der Waals surface area contributed by atoms with E-state index in [1.165, 1.54) is 6.26 Å². The van der Waals surface area contributed by atoms with Crippen LogP contribution in [-0.2, 0) is 25.5 Å². The number of ether oxygens (including phenoxy) is 2. The van der Waals surface area contributed by atoms with Crippen LogP contribution >= 0.6 is 0 Å². The maximum atomic E-state index is 11.9. The number of carbonyl (C=O) groups excluding carboxylic acids is 3. The molecule has 0 unspecified atom stereocenters. The smallest absolute Gasteiger partial charge is 0.310 e. The van der Waals surface area contributed by atoms with Crippen LogP contribution in [-0.4, -0.2) is 42.9 Å². The molecular formula is C17H17NO6. The summed E-state index contributed by atoms with van der Waals surface area (Å²) in [7, 11) is 1.56. The number of carbonyl (C=O) groups is 3. The monoisotopic (exact) mass is 331 g/mol. The SMILES string of the molecule is COc1ccc2c(CC(=O)OCC(=O)N3CCCC3=O)coc2c1. The van der Waals surface area contributed by atoms with Crippen molar-refractivity contribution in [1.29, 1.82) is 0 Å². The van der Waals surface area contributed by atoms with Gasteiger partial charge in [0.05, 0.1) is 19.8 Å². The minimum Gasteiger partial charge on any atom is -0.497 e. The topological polar surface area (TPSA) is 86.0 Å². The molecule has 2 amide bonds. The Kier molecular flexibility index (Phi) is 4.50. The lowest BCUT2D eigenvalue weighted by Gasteiger charge is -2.13. The fourth-order valence-electron chi connectivity index (χ4n) is 2.67. The molecule has 2 aromatic rings. The highest BCUT2D eigenvalue weighted by Crippen LogP contribution is 2.26. The minimum absolute atomic E-state index is 0.0133. The van der Waals surface area contributed by atoms with Gasteiger partial charge in [-0.2, -0.15) is 0 Å². The summed E-state index contributed by atoms with van der Waals surface area (Å²) in [6, 6.07) is 5.30. The van der Waals surface area contributed by atoms with Gasteiger partial charge in [-0.05, 0) is 18.6 Å². The first-order chi connectivity index (χ1) is 11.6. The van der Waals surface area contributed by atoms with E-state index in [1.807, 2.05) is 0 Å². The first kappa shape index (κ1) is 16.0. The van der Waals surface area contributed by atoms with Gasteiger partial charge in [0.15, 0.2) is 6.61 Å². The van der Waals surface area contributed by atoms with Gasteiger partial charge in [-0.25, -0.2) is 0 Å². The average Bonchev–Trinajstić information content (AvgIpc) is 3.18. The summed E-state index contributed by atoms with van der Waals surface area (Å²) < 4.78 is 15.5. The third-order valence-corrected chi connectivity index (χ3v) is 3.93. The minimum atomic E-state index is -0.548. The predicted octanol–water partition coefficient (Wildman–Crippen LogP) is 1.68. The van der Waals surface area contributed by atoms with Crippen molar-refractivity contribution in [3.05, 3.63) is 30.0 Å². The number of imide groups is 1. The first-order valence-electron chi connectivity index (χ1n) is 7.61. The van der Waals surface area contributed by atoms with Crippen LogP contribution in [0.2, 0.25) is 0 Å². The zero-order chi connectivity index (χ0) is 17.1. The van der Waals surface area contributed by atoms with Crippen molar-refractivity contribution in [2.24, 2.45) is 0 Å². The Hall–Kier alpha value is -2.83. The Labute approximate surface area is 138 Å². The van der Waals surface area contributed by atoms with Gasteiger partial charge in [0.25, 0.3) is 5.91 Å². The number of rotatable bonds is 5. The van der Waals surface area contributed by atoms with E-state index < -0.39 is 18.5 Å². The fraction of sp³-hybridized carbons (Fsp3) is 0.353. The van der Waals surface area contributed by atoms with E-state index in [9.17, 15) is 14.4 Å². The van der Waals surface area contributed by atoms with Gasteiger partial charge in [-0.3, -0.25) is 19.3 Å². The lowest BCUT2D eigenvalue weighted by Crippen LogP contribution is -2.35. The molecule has 126 valence electrons. The van der Waals surface area contributed by atoms with Gasteiger partial charge in [-0.1, -0.05) is 0 Å². The number of hydrogen-bond donors (Lipinski definition) is 0. The first-order valence-corrected chi connectivity index (χ1v) is 7.61. The number of furan rings is 1. The Morgan fingerprint density at radius 3 is 2.88 bits per heavy atom. The standard InChI is InChI=1S/C17H17NO6/c1-22-12-4-5-13-11(9-23-14(13)8-12)7-17(21)24-10-16(20)18-6-2-3-15(18)19/h4-5,8-9H,2-3,6-7,10H2,1H3. The van der Waals surface area contributed by atoms with Crippen molar-refractivity contribution in [2.45, 2.75) is 19.3 Å². The van der Waals surface area contributed by atoms with Crippen molar-refractivity contribution in [1.82, 2.24) is 4.90 Å². The summed E-state index contributed by atoms with van der Waals surface area (Å²) in [6.07, 6.45) is 2.49. The molecule has 0 aliphatic carbocycles. The van der Waals surface area contributed by atoms with E-state index >= 15 is 0 Å². The Morgan fingerprint density at radius 2 is 2.17 bits per heavy atom. The molecule has 3 rings (SSSR count). The van der Waals surface area contributed by atoms with Crippen LogP contribution in [0.4, 0.5) is 0 Å². The number of likely N-dealkylation sites (tertiary alicyclic amines) is 1. The second kappa shape index (κ2) is 6.74. The van der Waals surface area contributed by atoms with Gasteiger partial charge in [0.2, 0.25) is 5.91 Å². The number of esters is 1. The van der Waals surface area contributed by atoms with Gasteiger partial charge in [-0.15, -0.1) is 0 Å². The summed E-state index contributed by atoms with van der Waals surface area (Å²) in [4.78, 5) is 36.4. The molecule has 2 heterocycles. The molecule has 24 heavy (non-hydrogen) atoms. The van der Waals surface area contributed by atoms with Crippen LogP contribution < -0.4 is 4.74 Å².